The monoisotopic (exact) mass is 245 g/mol. The number of phenols is 1. The smallest absolute Gasteiger partial charge is 0.247 e. The van der Waals surface area contributed by atoms with Crippen molar-refractivity contribution in [3.63, 3.8) is 0 Å². The van der Waals surface area contributed by atoms with Gasteiger partial charge in [-0.1, -0.05) is 6.07 Å². The molecule has 2 N–H and O–H groups in total. The molecule has 1 aromatic carbocycles. The average Bonchev–Trinajstić information content (AvgIpc) is 2.74. The molecule has 1 aromatic heterocycles. The number of rotatable bonds is 3. The first-order valence-electron chi connectivity index (χ1n) is 5.66. The Bertz CT molecular complexity index is 563. The quantitative estimate of drug-likeness (QED) is 0.870. The van der Waals surface area contributed by atoms with E-state index >= 15 is 0 Å². The standard InChI is InChI=1S/C13H15N3O2/c1-9-7-14-8-16(9)10(2)13(18)15-11-4-3-5-12(17)6-11/h3-8,10,17H,1-2H3,(H,15,18). The lowest BCUT2D eigenvalue weighted by atomic mass is 10.2. The zero-order chi connectivity index (χ0) is 13.1. The van der Waals surface area contributed by atoms with Gasteiger partial charge in [0, 0.05) is 23.6 Å². The highest BCUT2D eigenvalue weighted by Gasteiger charge is 2.16. The van der Waals surface area contributed by atoms with Crippen LogP contribution in [0.5, 0.6) is 5.75 Å². The van der Waals surface area contributed by atoms with Gasteiger partial charge in [-0.2, -0.15) is 0 Å². The molecule has 1 atom stereocenters. The van der Waals surface area contributed by atoms with Crippen molar-refractivity contribution in [3.05, 3.63) is 42.5 Å². The Kier molecular flexibility index (Phi) is 3.32. The summed E-state index contributed by atoms with van der Waals surface area (Å²) in [7, 11) is 0. The predicted molar refractivity (Wildman–Crippen MR) is 68.4 cm³/mol. The van der Waals surface area contributed by atoms with Gasteiger partial charge in [-0.05, 0) is 26.0 Å². The van der Waals surface area contributed by atoms with E-state index in [-0.39, 0.29) is 17.7 Å². The molecule has 1 unspecified atom stereocenters. The highest BCUT2D eigenvalue weighted by Crippen LogP contribution is 2.17. The summed E-state index contributed by atoms with van der Waals surface area (Å²) in [6.45, 7) is 3.69. The van der Waals surface area contributed by atoms with Crippen molar-refractivity contribution < 1.29 is 9.90 Å². The number of anilines is 1. The zero-order valence-corrected chi connectivity index (χ0v) is 10.3. The van der Waals surface area contributed by atoms with E-state index < -0.39 is 0 Å². The maximum Gasteiger partial charge on any atom is 0.247 e. The van der Waals surface area contributed by atoms with Crippen LogP contribution in [-0.4, -0.2) is 20.6 Å². The van der Waals surface area contributed by atoms with Crippen molar-refractivity contribution in [1.29, 1.82) is 0 Å². The number of imidazole rings is 1. The second kappa shape index (κ2) is 4.91. The van der Waals surface area contributed by atoms with Crippen LogP contribution in [0.2, 0.25) is 0 Å². The third-order valence-corrected chi connectivity index (χ3v) is 2.77. The van der Waals surface area contributed by atoms with Crippen LogP contribution in [0.4, 0.5) is 5.69 Å². The van der Waals surface area contributed by atoms with Crippen molar-refractivity contribution in [2.24, 2.45) is 0 Å². The third kappa shape index (κ3) is 2.51. The minimum absolute atomic E-state index is 0.124. The van der Waals surface area contributed by atoms with Crippen molar-refractivity contribution in [1.82, 2.24) is 9.55 Å². The Hall–Kier alpha value is -2.30. The number of aromatic nitrogens is 2. The first kappa shape index (κ1) is 12.2. The summed E-state index contributed by atoms with van der Waals surface area (Å²) in [5.41, 5.74) is 1.50. The molecule has 1 heterocycles. The molecule has 0 fully saturated rings. The Morgan fingerprint density at radius 1 is 1.50 bits per heavy atom. The molecule has 5 nitrogen and oxygen atoms in total. The van der Waals surface area contributed by atoms with Gasteiger partial charge in [0.25, 0.3) is 0 Å². The molecule has 0 saturated carbocycles. The van der Waals surface area contributed by atoms with Gasteiger partial charge in [-0.25, -0.2) is 4.98 Å². The van der Waals surface area contributed by atoms with Crippen LogP contribution in [0.25, 0.3) is 0 Å². The van der Waals surface area contributed by atoms with Gasteiger partial charge in [0.2, 0.25) is 5.91 Å². The maximum absolute atomic E-state index is 12.0. The predicted octanol–water partition coefficient (Wildman–Crippen LogP) is 2.10. The summed E-state index contributed by atoms with van der Waals surface area (Å²) in [5, 5.41) is 12.1. The van der Waals surface area contributed by atoms with E-state index in [1.165, 1.54) is 6.07 Å². The molecule has 94 valence electrons. The number of carbonyl (C=O) groups excluding carboxylic acids is 1. The number of hydrogen-bond donors (Lipinski definition) is 2. The summed E-state index contributed by atoms with van der Waals surface area (Å²) in [6.07, 6.45) is 3.33. The molecule has 2 rings (SSSR count). The molecule has 0 radical (unpaired) electrons. The van der Waals surface area contributed by atoms with Gasteiger partial charge in [0.05, 0.1) is 6.33 Å². The number of benzene rings is 1. The van der Waals surface area contributed by atoms with Crippen LogP contribution >= 0.6 is 0 Å². The fourth-order valence-corrected chi connectivity index (χ4v) is 1.73. The van der Waals surface area contributed by atoms with Gasteiger partial charge in [0.15, 0.2) is 0 Å². The molecule has 18 heavy (non-hydrogen) atoms. The van der Waals surface area contributed by atoms with Gasteiger partial charge < -0.3 is 15.0 Å². The number of hydrogen-bond acceptors (Lipinski definition) is 3. The molecule has 0 bridgehead atoms. The topological polar surface area (TPSA) is 67.2 Å². The minimum Gasteiger partial charge on any atom is -0.508 e. The van der Waals surface area contributed by atoms with Gasteiger partial charge in [0.1, 0.15) is 11.8 Å². The van der Waals surface area contributed by atoms with Crippen molar-refractivity contribution >= 4 is 11.6 Å². The maximum atomic E-state index is 12.0. The molecular weight excluding hydrogens is 230 g/mol. The number of carbonyl (C=O) groups is 1. The Morgan fingerprint density at radius 3 is 2.89 bits per heavy atom. The lowest BCUT2D eigenvalue weighted by Crippen LogP contribution is -2.23. The summed E-state index contributed by atoms with van der Waals surface area (Å²) in [4.78, 5) is 16.0. The lowest BCUT2D eigenvalue weighted by Gasteiger charge is -2.15. The number of amides is 1. The largest absolute Gasteiger partial charge is 0.508 e. The number of phenolic OH excluding ortho intramolecular Hbond substituents is 1. The van der Waals surface area contributed by atoms with Crippen LogP contribution in [0.1, 0.15) is 18.7 Å². The first-order chi connectivity index (χ1) is 8.58. The highest BCUT2D eigenvalue weighted by molar-refractivity contribution is 5.93. The molecule has 0 aliphatic heterocycles. The fraction of sp³-hybridized carbons (Fsp3) is 0.231. The number of nitrogens with one attached hydrogen (secondary N) is 1. The van der Waals surface area contributed by atoms with E-state index in [0.717, 1.165) is 5.69 Å². The molecule has 1 amide bonds. The number of aryl methyl sites for hydroxylation is 1. The van der Waals surface area contributed by atoms with Gasteiger partial charge in [-0.3, -0.25) is 4.79 Å². The van der Waals surface area contributed by atoms with Crippen molar-refractivity contribution in [2.75, 3.05) is 5.32 Å². The lowest BCUT2D eigenvalue weighted by molar-refractivity contribution is -0.118. The summed E-state index contributed by atoms with van der Waals surface area (Å²) < 4.78 is 1.79. The third-order valence-electron chi connectivity index (χ3n) is 2.77. The fourth-order valence-electron chi connectivity index (χ4n) is 1.73. The minimum atomic E-state index is -0.352. The van der Waals surface area contributed by atoms with E-state index in [4.69, 9.17) is 0 Å². The molecule has 2 aromatic rings. The number of nitrogens with zero attached hydrogens (tertiary/aromatic N) is 2. The van der Waals surface area contributed by atoms with E-state index in [1.807, 2.05) is 6.92 Å². The normalized spacial score (nSPS) is 12.1. The van der Waals surface area contributed by atoms with Crippen LogP contribution < -0.4 is 5.32 Å². The average molecular weight is 245 g/mol. The highest BCUT2D eigenvalue weighted by atomic mass is 16.3. The van der Waals surface area contributed by atoms with Crippen LogP contribution in [0.3, 0.4) is 0 Å². The summed E-state index contributed by atoms with van der Waals surface area (Å²) >= 11 is 0. The molecule has 0 aliphatic carbocycles. The Labute approximate surface area is 105 Å². The molecule has 0 saturated heterocycles. The zero-order valence-electron chi connectivity index (χ0n) is 10.3. The van der Waals surface area contributed by atoms with Gasteiger partial charge in [-0.15, -0.1) is 0 Å². The van der Waals surface area contributed by atoms with Crippen LogP contribution in [-0.2, 0) is 4.79 Å². The second-order valence-corrected chi connectivity index (χ2v) is 4.16. The summed E-state index contributed by atoms with van der Waals surface area (Å²) in [6, 6.07) is 6.11. The molecule has 5 heteroatoms. The van der Waals surface area contributed by atoms with Crippen molar-refractivity contribution in [2.45, 2.75) is 19.9 Å². The first-order valence-corrected chi connectivity index (χ1v) is 5.66. The molecule has 0 spiro atoms. The van der Waals surface area contributed by atoms with Crippen LogP contribution in [0, 0.1) is 6.92 Å². The second-order valence-electron chi connectivity index (χ2n) is 4.16. The van der Waals surface area contributed by atoms with E-state index in [9.17, 15) is 9.90 Å². The Balaban J connectivity index is 2.11. The van der Waals surface area contributed by atoms with Crippen LogP contribution in [0.15, 0.2) is 36.8 Å². The van der Waals surface area contributed by atoms with E-state index in [0.29, 0.717) is 5.69 Å². The van der Waals surface area contributed by atoms with E-state index in [2.05, 4.69) is 10.3 Å². The number of aromatic hydroxyl groups is 1. The van der Waals surface area contributed by atoms with Crippen molar-refractivity contribution in [3.8, 4) is 5.75 Å². The SMILES string of the molecule is Cc1cncn1C(C)C(=O)Nc1cccc(O)c1. The van der Waals surface area contributed by atoms with Gasteiger partial charge >= 0.3 is 0 Å². The molecule has 0 aliphatic rings. The summed E-state index contributed by atoms with van der Waals surface area (Å²) in [5.74, 6) is -0.0269. The van der Waals surface area contributed by atoms with E-state index in [1.54, 1.807) is 42.2 Å². The molecular formula is C13H15N3O2. The Morgan fingerprint density at radius 2 is 2.28 bits per heavy atom.